The van der Waals surface area contributed by atoms with Crippen LogP contribution in [0.1, 0.15) is 22.7 Å². The van der Waals surface area contributed by atoms with Gasteiger partial charge in [-0.3, -0.25) is 0 Å². The van der Waals surface area contributed by atoms with E-state index < -0.39 is 54.4 Å². The van der Waals surface area contributed by atoms with Gasteiger partial charge in [0.15, 0.2) is 11.5 Å². The van der Waals surface area contributed by atoms with Crippen LogP contribution in [0.3, 0.4) is 0 Å². The van der Waals surface area contributed by atoms with Gasteiger partial charge in [0, 0.05) is 0 Å². The molecule has 0 aliphatic rings. The van der Waals surface area contributed by atoms with Crippen molar-refractivity contribution in [1.29, 1.82) is 0 Å². The molecule has 5 nitrogen and oxygen atoms in total. The van der Waals surface area contributed by atoms with Crippen molar-refractivity contribution in [2.75, 3.05) is 21.1 Å². The highest BCUT2D eigenvalue weighted by atomic mass is 79.9. The lowest BCUT2D eigenvalue weighted by atomic mass is 10.2. The van der Waals surface area contributed by atoms with E-state index in [4.69, 9.17) is 17.4 Å². The molecule has 0 aromatic heterocycles. The van der Waals surface area contributed by atoms with Crippen LogP contribution in [-0.2, 0) is 0 Å². The summed E-state index contributed by atoms with van der Waals surface area (Å²) in [5.74, 6) is -4.17. The second-order valence-corrected chi connectivity index (χ2v) is 3.30. The van der Waals surface area contributed by atoms with E-state index >= 15 is 0 Å². The highest BCUT2D eigenvalue weighted by Gasteiger charge is 2.22. The van der Waals surface area contributed by atoms with E-state index in [2.05, 4.69) is 30.1 Å². The smallest absolute Gasteiger partial charge is 0.337 e. The first-order chi connectivity index (χ1) is 11.0. The molecule has 16 heavy (non-hydrogen) atoms. The maximum atomic E-state index is 11.3. The first-order valence-electron chi connectivity index (χ1n) is 8.17. The van der Waals surface area contributed by atoms with Gasteiger partial charge in [-0.2, -0.15) is 0 Å². The number of carboxylic acid groups (broad SMARTS) is 1. The molecule has 6 heteroatoms. The summed E-state index contributed by atoms with van der Waals surface area (Å²) in [6, 6.07) is 0.673. The molecule has 0 atom stereocenters. The van der Waals surface area contributed by atoms with Gasteiger partial charge in [-0.05, 0) is 22.0 Å². The third-order valence-electron chi connectivity index (χ3n) is 1.69. The summed E-state index contributed by atoms with van der Waals surface area (Å²) in [6.45, 7) is 0. The van der Waals surface area contributed by atoms with Gasteiger partial charge in [0.2, 0.25) is 5.75 Å². The molecule has 0 spiro atoms. The number of methoxy groups -OCH3 is 3. The molecule has 0 saturated heterocycles. The molecule has 0 radical (unpaired) electrons. The van der Waals surface area contributed by atoms with Gasteiger partial charge < -0.3 is 19.3 Å². The van der Waals surface area contributed by atoms with Crippen LogP contribution in [0, 0.1) is 0 Å². The Balaban J connectivity index is 3.74. The van der Waals surface area contributed by atoms with Crippen LogP contribution in [-0.4, -0.2) is 32.2 Å². The number of rotatable bonds is 4. The molecule has 0 unspecified atom stereocenters. The van der Waals surface area contributed by atoms with Crippen LogP contribution < -0.4 is 14.2 Å². The average molecular weight is 300 g/mol. The number of benzene rings is 1. The molecule has 0 saturated carbocycles. The molecule has 0 aliphatic carbocycles. The molecule has 0 aliphatic heterocycles. The Kier molecular flexibility index (Phi) is 1.53. The van der Waals surface area contributed by atoms with E-state index in [9.17, 15) is 4.79 Å². The lowest BCUT2D eigenvalue weighted by Gasteiger charge is -2.14. The van der Waals surface area contributed by atoms with Gasteiger partial charge in [-0.25, -0.2) is 4.79 Å². The fraction of sp³-hybridized carbons (Fsp3) is 0.300. The predicted molar refractivity (Wildman–Crippen MR) is 60.8 cm³/mol. The largest absolute Gasteiger partial charge is 0.493 e. The third kappa shape index (κ3) is 2.06. The van der Waals surface area contributed by atoms with Gasteiger partial charge in [-0.15, -0.1) is 0 Å². The second kappa shape index (κ2) is 5.07. The third-order valence-corrected chi connectivity index (χ3v) is 2.47. The van der Waals surface area contributed by atoms with Gasteiger partial charge >= 0.3 is 5.97 Å². The van der Waals surface area contributed by atoms with Crippen molar-refractivity contribution >= 4 is 21.9 Å². The highest BCUT2D eigenvalue weighted by molar-refractivity contribution is 9.10. The second-order valence-electron chi connectivity index (χ2n) is 2.51. The van der Waals surface area contributed by atoms with Gasteiger partial charge in [0.1, 0.15) is 0 Å². The standard InChI is InChI=1S/C10H11BrO5/c1-14-6-4-5(10(12)13)7(11)9(16-3)8(6)15-2/h4H,1-3H3,(H,12,13)/i1D3,2D3,3D3. The van der Waals surface area contributed by atoms with Crippen LogP contribution in [0.4, 0.5) is 0 Å². The van der Waals surface area contributed by atoms with E-state index in [0.29, 0.717) is 6.07 Å². The number of aromatic carboxylic acids is 1. The van der Waals surface area contributed by atoms with E-state index in [-0.39, 0.29) is 0 Å². The molecular weight excluding hydrogens is 280 g/mol. The quantitative estimate of drug-likeness (QED) is 0.923. The number of halogens is 1. The molecule has 1 aromatic carbocycles. The zero-order valence-corrected chi connectivity index (χ0v) is 9.12. The molecule has 0 heterocycles. The van der Waals surface area contributed by atoms with Crippen molar-refractivity contribution in [2.45, 2.75) is 0 Å². The molecule has 1 rings (SSSR count). The number of carboxylic acids is 1. The summed E-state index contributed by atoms with van der Waals surface area (Å²) in [6.07, 6.45) is 0. The monoisotopic (exact) mass is 299 g/mol. The van der Waals surface area contributed by atoms with Crippen molar-refractivity contribution in [1.82, 2.24) is 0 Å². The fourth-order valence-corrected chi connectivity index (χ4v) is 1.56. The summed E-state index contributed by atoms with van der Waals surface area (Å²) in [5.41, 5.74) is -0.628. The minimum Gasteiger partial charge on any atom is -0.493 e. The van der Waals surface area contributed by atoms with Crippen LogP contribution in [0.25, 0.3) is 0 Å². The minimum atomic E-state index is -3.14. The molecule has 88 valence electrons. The number of carbonyl (C=O) groups is 1. The van der Waals surface area contributed by atoms with E-state index in [1.807, 2.05) is 0 Å². The van der Waals surface area contributed by atoms with Crippen molar-refractivity contribution in [2.24, 2.45) is 0 Å². The number of hydrogen-bond acceptors (Lipinski definition) is 4. The van der Waals surface area contributed by atoms with Crippen molar-refractivity contribution in [3.63, 3.8) is 0 Å². The van der Waals surface area contributed by atoms with Gasteiger partial charge in [0.05, 0.1) is 43.5 Å². The van der Waals surface area contributed by atoms with Gasteiger partial charge in [-0.1, -0.05) is 0 Å². The lowest BCUT2D eigenvalue weighted by molar-refractivity contribution is 0.0695. The molecular formula is C10H11BrO5. The van der Waals surface area contributed by atoms with Crippen molar-refractivity contribution < 1.29 is 36.4 Å². The van der Waals surface area contributed by atoms with Crippen LogP contribution in [0.2, 0.25) is 0 Å². The maximum absolute atomic E-state index is 11.3. The van der Waals surface area contributed by atoms with E-state index in [1.165, 1.54) is 0 Å². The normalized spacial score (nSPS) is 20.4. The Morgan fingerprint density at radius 3 is 2.50 bits per heavy atom. The SMILES string of the molecule is [2H]C([2H])([2H])Oc1cc(C(=O)O)c(Br)c(OC([2H])([2H])[2H])c1OC([2H])([2H])[2H]. The summed E-state index contributed by atoms with van der Waals surface area (Å²) in [4.78, 5) is 11.3. The Morgan fingerprint density at radius 1 is 1.31 bits per heavy atom. The molecule has 0 amide bonds. The summed E-state index contributed by atoms with van der Waals surface area (Å²) in [5, 5.41) is 9.16. The van der Waals surface area contributed by atoms with Crippen LogP contribution >= 0.6 is 15.9 Å². The zero-order chi connectivity index (χ0) is 19.8. The van der Waals surface area contributed by atoms with E-state index in [1.54, 1.807) is 0 Å². The Bertz CT molecular complexity index is 665. The first kappa shape index (κ1) is 4.83. The van der Waals surface area contributed by atoms with Crippen molar-refractivity contribution in [3.8, 4) is 17.2 Å². The summed E-state index contributed by atoms with van der Waals surface area (Å²) < 4.78 is 77.3. The topological polar surface area (TPSA) is 65.0 Å². The summed E-state index contributed by atoms with van der Waals surface area (Å²) >= 11 is 2.79. The summed E-state index contributed by atoms with van der Waals surface area (Å²) in [7, 11) is -9.36. The molecule has 1 aromatic rings. The average Bonchev–Trinajstić information content (AvgIpc) is 2.32. The number of ether oxygens (including phenoxy) is 3. The van der Waals surface area contributed by atoms with E-state index in [0.717, 1.165) is 0 Å². The lowest BCUT2D eigenvalue weighted by Crippen LogP contribution is -2.03. The van der Waals surface area contributed by atoms with Crippen molar-refractivity contribution in [3.05, 3.63) is 16.1 Å². The number of hydrogen-bond donors (Lipinski definition) is 1. The Hall–Kier alpha value is -1.43. The van der Waals surface area contributed by atoms with Crippen LogP contribution in [0.15, 0.2) is 10.5 Å². The minimum absolute atomic E-state index is 0.465. The molecule has 0 bridgehead atoms. The Labute approximate surface area is 114 Å². The molecule has 1 N–H and O–H groups in total. The maximum Gasteiger partial charge on any atom is 0.337 e. The highest BCUT2D eigenvalue weighted by Crippen LogP contribution is 2.44. The van der Waals surface area contributed by atoms with Crippen LogP contribution in [0.5, 0.6) is 17.2 Å². The Morgan fingerprint density at radius 2 is 1.94 bits per heavy atom. The molecule has 0 fully saturated rings. The van der Waals surface area contributed by atoms with Gasteiger partial charge in [0.25, 0.3) is 0 Å². The first-order valence-corrected chi connectivity index (χ1v) is 4.46. The fourth-order valence-electron chi connectivity index (χ4n) is 1.01. The zero-order valence-electron chi connectivity index (χ0n) is 16.5. The predicted octanol–water partition coefficient (Wildman–Crippen LogP) is 2.17.